The normalized spacial score (nSPS) is 10.3. The summed E-state index contributed by atoms with van der Waals surface area (Å²) in [5.74, 6) is -1.13. The lowest BCUT2D eigenvalue weighted by Gasteiger charge is -2.09. The lowest BCUT2D eigenvalue weighted by molar-refractivity contribution is 0.101. The fourth-order valence-corrected chi connectivity index (χ4v) is 1.90. The van der Waals surface area contributed by atoms with Gasteiger partial charge in [-0.25, -0.2) is 8.78 Å². The lowest BCUT2D eigenvalue weighted by Crippen LogP contribution is -1.98. The van der Waals surface area contributed by atoms with Crippen LogP contribution in [0.1, 0.15) is 17.3 Å². The minimum Gasteiger partial charge on any atom is -0.494 e. The Labute approximate surface area is 109 Å². The van der Waals surface area contributed by atoms with Crippen molar-refractivity contribution in [3.05, 3.63) is 53.6 Å². The topological polar surface area (TPSA) is 26.3 Å². The first-order valence-electron chi connectivity index (χ1n) is 5.67. The Morgan fingerprint density at radius 3 is 2.42 bits per heavy atom. The van der Waals surface area contributed by atoms with Gasteiger partial charge >= 0.3 is 0 Å². The van der Waals surface area contributed by atoms with E-state index in [0.717, 1.165) is 0 Å². The second-order valence-corrected chi connectivity index (χ2v) is 4.10. The maximum Gasteiger partial charge on any atom is 0.165 e. The summed E-state index contributed by atoms with van der Waals surface area (Å²) in [6.07, 6.45) is 0. The van der Waals surface area contributed by atoms with Gasteiger partial charge in [-0.3, -0.25) is 4.79 Å². The first-order chi connectivity index (χ1) is 9.02. The van der Waals surface area contributed by atoms with Crippen LogP contribution in [0, 0.1) is 11.6 Å². The van der Waals surface area contributed by atoms with Gasteiger partial charge in [0.05, 0.1) is 7.11 Å². The van der Waals surface area contributed by atoms with Crippen LogP contribution in [0.25, 0.3) is 11.1 Å². The number of hydrogen-bond acceptors (Lipinski definition) is 2. The van der Waals surface area contributed by atoms with Crippen molar-refractivity contribution in [1.82, 2.24) is 0 Å². The molecule has 0 saturated carbocycles. The molecule has 0 unspecified atom stereocenters. The average Bonchev–Trinajstić information content (AvgIpc) is 2.38. The van der Waals surface area contributed by atoms with Gasteiger partial charge < -0.3 is 4.74 Å². The van der Waals surface area contributed by atoms with Gasteiger partial charge in [0.25, 0.3) is 0 Å². The molecule has 0 amide bonds. The third-order valence-corrected chi connectivity index (χ3v) is 2.82. The number of carbonyl (C=O) groups excluding carboxylic acids is 1. The van der Waals surface area contributed by atoms with Gasteiger partial charge in [-0.05, 0) is 48.4 Å². The molecule has 0 fully saturated rings. The highest BCUT2D eigenvalue weighted by molar-refractivity contribution is 6.00. The molecule has 0 radical (unpaired) electrons. The second kappa shape index (κ2) is 5.18. The Morgan fingerprint density at radius 1 is 1.11 bits per heavy atom. The minimum absolute atomic E-state index is 0.101. The predicted octanol–water partition coefficient (Wildman–Crippen LogP) is 3.84. The van der Waals surface area contributed by atoms with E-state index in [9.17, 15) is 13.6 Å². The molecule has 2 aromatic rings. The van der Waals surface area contributed by atoms with Crippen molar-refractivity contribution >= 4 is 5.78 Å². The van der Waals surface area contributed by atoms with E-state index in [1.165, 1.54) is 44.4 Å². The molecule has 0 aliphatic carbocycles. The number of ketones is 1. The summed E-state index contributed by atoms with van der Waals surface area (Å²) in [6, 6.07) is 8.08. The van der Waals surface area contributed by atoms with E-state index < -0.39 is 11.6 Å². The van der Waals surface area contributed by atoms with Gasteiger partial charge in [0.1, 0.15) is 5.82 Å². The van der Waals surface area contributed by atoms with E-state index in [0.29, 0.717) is 16.7 Å². The Bertz CT molecular complexity index is 636. The van der Waals surface area contributed by atoms with Crippen molar-refractivity contribution in [2.45, 2.75) is 6.92 Å². The van der Waals surface area contributed by atoms with Gasteiger partial charge in [-0.2, -0.15) is 0 Å². The van der Waals surface area contributed by atoms with Gasteiger partial charge in [-0.1, -0.05) is 6.07 Å². The molecule has 2 nitrogen and oxygen atoms in total. The van der Waals surface area contributed by atoms with Crippen LogP contribution in [0.2, 0.25) is 0 Å². The van der Waals surface area contributed by atoms with E-state index in [1.54, 1.807) is 6.07 Å². The zero-order valence-electron chi connectivity index (χ0n) is 10.5. The van der Waals surface area contributed by atoms with Crippen molar-refractivity contribution in [3.63, 3.8) is 0 Å². The summed E-state index contributed by atoms with van der Waals surface area (Å²) in [5, 5.41) is 0. The third-order valence-electron chi connectivity index (χ3n) is 2.82. The van der Waals surface area contributed by atoms with Crippen LogP contribution in [0.15, 0.2) is 36.4 Å². The molecule has 0 heterocycles. The van der Waals surface area contributed by atoms with E-state index in [1.807, 2.05) is 0 Å². The zero-order chi connectivity index (χ0) is 14.0. The first-order valence-corrected chi connectivity index (χ1v) is 5.67. The minimum atomic E-state index is -0.557. The number of Topliss-reactive ketones (excluding diaryl/α,β-unsaturated/α-hetero) is 1. The molecule has 0 N–H and O–H groups in total. The third kappa shape index (κ3) is 2.62. The number of carbonyl (C=O) groups is 1. The molecule has 2 rings (SSSR count). The van der Waals surface area contributed by atoms with Crippen LogP contribution in [0.5, 0.6) is 5.75 Å². The Hall–Kier alpha value is -2.23. The van der Waals surface area contributed by atoms with E-state index in [2.05, 4.69) is 0 Å². The van der Waals surface area contributed by atoms with E-state index >= 15 is 0 Å². The summed E-state index contributed by atoms with van der Waals surface area (Å²) >= 11 is 0. The number of ether oxygens (including phenoxy) is 1. The smallest absolute Gasteiger partial charge is 0.165 e. The number of benzene rings is 2. The monoisotopic (exact) mass is 262 g/mol. The van der Waals surface area contributed by atoms with Crippen molar-refractivity contribution in [2.75, 3.05) is 7.11 Å². The quantitative estimate of drug-likeness (QED) is 0.785. The number of methoxy groups -OCH3 is 1. The highest BCUT2D eigenvalue weighted by Gasteiger charge is 2.12. The van der Waals surface area contributed by atoms with Gasteiger partial charge in [0.15, 0.2) is 17.3 Å². The van der Waals surface area contributed by atoms with Gasteiger partial charge in [-0.15, -0.1) is 0 Å². The highest BCUT2D eigenvalue weighted by atomic mass is 19.1. The van der Waals surface area contributed by atoms with Crippen LogP contribution in [0.3, 0.4) is 0 Å². The van der Waals surface area contributed by atoms with Gasteiger partial charge in [0.2, 0.25) is 0 Å². The molecule has 0 spiro atoms. The fourth-order valence-electron chi connectivity index (χ4n) is 1.90. The summed E-state index contributed by atoms with van der Waals surface area (Å²) < 4.78 is 31.8. The molecule has 4 heteroatoms. The lowest BCUT2D eigenvalue weighted by atomic mass is 9.97. The molecule has 0 atom stereocenters. The zero-order valence-corrected chi connectivity index (χ0v) is 10.5. The molecule has 0 aliphatic rings. The summed E-state index contributed by atoms with van der Waals surface area (Å²) in [6.45, 7) is 1.39. The van der Waals surface area contributed by atoms with Crippen LogP contribution >= 0.6 is 0 Å². The molecule has 19 heavy (non-hydrogen) atoms. The average molecular weight is 262 g/mol. The number of halogens is 2. The largest absolute Gasteiger partial charge is 0.494 e. The number of hydrogen-bond donors (Lipinski definition) is 0. The second-order valence-electron chi connectivity index (χ2n) is 4.10. The fraction of sp³-hybridized carbons (Fsp3) is 0.133. The Kier molecular flexibility index (Phi) is 3.60. The maximum absolute atomic E-state index is 13.7. The molecule has 0 aliphatic heterocycles. The van der Waals surface area contributed by atoms with Crippen LogP contribution in [-0.2, 0) is 0 Å². The van der Waals surface area contributed by atoms with E-state index in [-0.39, 0.29) is 11.5 Å². The Balaban J connectivity index is 2.61. The van der Waals surface area contributed by atoms with Crippen molar-refractivity contribution in [3.8, 4) is 16.9 Å². The first kappa shape index (κ1) is 13.2. The predicted molar refractivity (Wildman–Crippen MR) is 68.4 cm³/mol. The summed E-state index contributed by atoms with van der Waals surface area (Å²) in [7, 11) is 1.36. The SMILES string of the molecule is COc1ccc(-c2cc(F)ccc2C(C)=O)cc1F. The highest BCUT2D eigenvalue weighted by Crippen LogP contribution is 2.29. The van der Waals surface area contributed by atoms with Crippen molar-refractivity contribution in [2.24, 2.45) is 0 Å². The van der Waals surface area contributed by atoms with Gasteiger partial charge in [0, 0.05) is 5.56 Å². The van der Waals surface area contributed by atoms with E-state index in [4.69, 9.17) is 4.74 Å². The Morgan fingerprint density at radius 2 is 1.84 bits per heavy atom. The molecular weight excluding hydrogens is 250 g/mol. The summed E-state index contributed by atoms with van der Waals surface area (Å²) in [4.78, 5) is 11.5. The summed E-state index contributed by atoms with van der Waals surface area (Å²) in [5.41, 5.74) is 1.16. The standard InChI is InChI=1S/C15H12F2O2/c1-9(18)12-5-4-11(16)8-13(12)10-3-6-15(19-2)14(17)7-10/h3-8H,1-2H3. The number of rotatable bonds is 3. The van der Waals surface area contributed by atoms with Crippen LogP contribution in [-0.4, -0.2) is 12.9 Å². The molecule has 0 bridgehead atoms. The van der Waals surface area contributed by atoms with Crippen LogP contribution in [0.4, 0.5) is 8.78 Å². The molecule has 98 valence electrons. The molecule has 0 saturated heterocycles. The van der Waals surface area contributed by atoms with Crippen molar-refractivity contribution in [1.29, 1.82) is 0 Å². The van der Waals surface area contributed by atoms with Crippen LogP contribution < -0.4 is 4.74 Å². The molecule has 0 aromatic heterocycles. The maximum atomic E-state index is 13.7. The molecule has 2 aromatic carbocycles. The van der Waals surface area contributed by atoms with Crippen molar-refractivity contribution < 1.29 is 18.3 Å². The molecular formula is C15H12F2O2.